The van der Waals surface area contributed by atoms with Gasteiger partial charge >= 0.3 is 0 Å². The van der Waals surface area contributed by atoms with Crippen LogP contribution >= 0.6 is 11.8 Å². The third kappa shape index (κ3) is 3.30. The molecule has 0 bridgehead atoms. The maximum atomic E-state index is 12.8. The van der Waals surface area contributed by atoms with E-state index in [1.807, 2.05) is 11.8 Å². The predicted molar refractivity (Wildman–Crippen MR) is 107 cm³/mol. The molecule has 1 aromatic carbocycles. The van der Waals surface area contributed by atoms with Crippen LogP contribution in [0.5, 0.6) is 0 Å². The van der Waals surface area contributed by atoms with Crippen LogP contribution in [0.25, 0.3) is 16.6 Å². The average molecular weight is 385 g/mol. The highest BCUT2D eigenvalue weighted by Gasteiger charge is 2.25. The topological polar surface area (TPSA) is 59.7 Å². The number of hydrogen-bond acceptors (Lipinski definition) is 5. The normalized spacial score (nSPS) is 16.2. The fraction of sp³-hybridized carbons (Fsp3) is 0.450. The Morgan fingerprint density at radius 2 is 1.85 bits per heavy atom. The molecule has 1 atom stereocenters. The first-order valence-electron chi connectivity index (χ1n) is 9.24. The van der Waals surface area contributed by atoms with Gasteiger partial charge < -0.3 is 9.64 Å². The number of pyridine rings is 1. The molecule has 0 saturated carbocycles. The Kier molecular flexibility index (Phi) is 4.82. The maximum absolute atomic E-state index is 12.8. The van der Waals surface area contributed by atoms with Gasteiger partial charge in [0, 0.05) is 18.5 Å². The number of morpholine rings is 1. The van der Waals surface area contributed by atoms with Crippen LogP contribution < -0.4 is 0 Å². The summed E-state index contributed by atoms with van der Waals surface area (Å²) in [6.45, 7) is 10.8. The van der Waals surface area contributed by atoms with Crippen molar-refractivity contribution in [2.45, 2.75) is 38.1 Å². The highest BCUT2D eigenvalue weighted by atomic mass is 32.2. The van der Waals surface area contributed by atoms with Crippen molar-refractivity contribution in [3.05, 3.63) is 34.9 Å². The molecule has 4 rings (SSSR count). The van der Waals surface area contributed by atoms with Crippen molar-refractivity contribution in [3.63, 3.8) is 0 Å². The number of aryl methyl sites for hydroxylation is 3. The quantitative estimate of drug-likeness (QED) is 0.649. The van der Waals surface area contributed by atoms with Gasteiger partial charge in [-0.3, -0.25) is 9.20 Å². The minimum Gasteiger partial charge on any atom is -0.378 e. The number of benzene rings is 1. The molecular weight excluding hydrogens is 360 g/mol. The number of thioether (sulfide) groups is 1. The van der Waals surface area contributed by atoms with Crippen LogP contribution in [-0.4, -0.2) is 57.0 Å². The van der Waals surface area contributed by atoms with Crippen molar-refractivity contribution >= 4 is 34.2 Å². The number of fused-ring (bicyclic) bond motifs is 3. The van der Waals surface area contributed by atoms with Gasteiger partial charge in [0.15, 0.2) is 10.8 Å². The molecule has 1 aliphatic rings. The molecule has 1 aliphatic heterocycles. The SMILES string of the molecule is Cc1cc(C)c2c(c1)c(C)cc1nnc(S[C@H](C)C(=O)N3CCOCC3)n12. The number of rotatable bonds is 3. The fourth-order valence-electron chi connectivity index (χ4n) is 3.74. The lowest BCUT2D eigenvalue weighted by atomic mass is 10.0. The van der Waals surface area contributed by atoms with E-state index in [-0.39, 0.29) is 11.2 Å². The van der Waals surface area contributed by atoms with E-state index in [1.165, 1.54) is 33.8 Å². The Balaban J connectivity index is 1.74. The smallest absolute Gasteiger partial charge is 0.236 e. The lowest BCUT2D eigenvalue weighted by Crippen LogP contribution is -2.44. The summed E-state index contributed by atoms with van der Waals surface area (Å²) in [7, 11) is 0. The summed E-state index contributed by atoms with van der Waals surface area (Å²) in [6, 6.07) is 6.44. The van der Waals surface area contributed by atoms with E-state index in [0.29, 0.717) is 26.3 Å². The second kappa shape index (κ2) is 7.13. The van der Waals surface area contributed by atoms with Crippen LogP contribution in [-0.2, 0) is 9.53 Å². The van der Waals surface area contributed by atoms with Gasteiger partial charge in [-0.25, -0.2) is 0 Å². The van der Waals surface area contributed by atoms with Gasteiger partial charge in [-0.05, 0) is 51.0 Å². The van der Waals surface area contributed by atoms with Gasteiger partial charge in [0.25, 0.3) is 0 Å². The number of amides is 1. The van der Waals surface area contributed by atoms with Gasteiger partial charge in [0.05, 0.1) is 24.0 Å². The summed E-state index contributed by atoms with van der Waals surface area (Å²) in [4.78, 5) is 14.7. The third-order valence-electron chi connectivity index (χ3n) is 5.05. The van der Waals surface area contributed by atoms with Gasteiger partial charge in [-0.2, -0.15) is 0 Å². The first kappa shape index (κ1) is 18.3. The standard InChI is InChI=1S/C20H24N4O2S/c1-12-9-14(3)18-16(10-12)13(2)11-17-21-22-20(24(17)18)27-15(4)19(25)23-5-7-26-8-6-23/h9-11,15H,5-8H2,1-4H3/t15-/m1/s1. The lowest BCUT2D eigenvalue weighted by molar-refractivity contribution is -0.134. The molecule has 0 N–H and O–H groups in total. The van der Waals surface area contributed by atoms with Crippen LogP contribution in [0.15, 0.2) is 23.4 Å². The van der Waals surface area contributed by atoms with Crippen molar-refractivity contribution in [2.24, 2.45) is 0 Å². The molecule has 3 heterocycles. The largest absolute Gasteiger partial charge is 0.378 e. The van der Waals surface area contributed by atoms with Crippen molar-refractivity contribution in [2.75, 3.05) is 26.3 Å². The zero-order valence-electron chi connectivity index (χ0n) is 16.2. The first-order valence-corrected chi connectivity index (χ1v) is 10.1. The molecule has 3 aromatic rings. The Morgan fingerprint density at radius 1 is 1.11 bits per heavy atom. The Hall–Kier alpha value is -2.12. The van der Waals surface area contributed by atoms with Crippen molar-refractivity contribution in [1.29, 1.82) is 0 Å². The van der Waals surface area contributed by atoms with Gasteiger partial charge in [-0.1, -0.05) is 23.4 Å². The van der Waals surface area contributed by atoms with Gasteiger partial charge in [-0.15, -0.1) is 10.2 Å². The highest BCUT2D eigenvalue weighted by molar-refractivity contribution is 8.00. The number of carbonyl (C=O) groups is 1. The van der Waals surface area contributed by atoms with Crippen LogP contribution in [0.4, 0.5) is 0 Å². The van der Waals surface area contributed by atoms with Crippen molar-refractivity contribution in [3.8, 4) is 0 Å². The highest BCUT2D eigenvalue weighted by Crippen LogP contribution is 2.31. The zero-order valence-corrected chi connectivity index (χ0v) is 17.0. The monoisotopic (exact) mass is 384 g/mol. The Bertz CT molecular complexity index is 1020. The first-order chi connectivity index (χ1) is 13.0. The Labute approximate surface area is 162 Å². The molecule has 0 aliphatic carbocycles. The summed E-state index contributed by atoms with van der Waals surface area (Å²) >= 11 is 1.47. The molecule has 142 valence electrons. The van der Waals surface area contributed by atoms with Gasteiger partial charge in [0.2, 0.25) is 5.91 Å². The number of carbonyl (C=O) groups excluding carboxylic acids is 1. The molecule has 0 spiro atoms. The lowest BCUT2D eigenvalue weighted by Gasteiger charge is -2.28. The van der Waals surface area contributed by atoms with E-state index in [9.17, 15) is 4.79 Å². The second-order valence-electron chi connectivity index (χ2n) is 7.18. The number of hydrogen-bond donors (Lipinski definition) is 0. The molecule has 27 heavy (non-hydrogen) atoms. The summed E-state index contributed by atoms with van der Waals surface area (Å²) in [5.74, 6) is 0.129. The molecule has 0 unspecified atom stereocenters. The summed E-state index contributed by atoms with van der Waals surface area (Å²) in [5.41, 5.74) is 5.55. The molecule has 1 amide bonds. The summed E-state index contributed by atoms with van der Waals surface area (Å²) in [6.07, 6.45) is 0. The van der Waals surface area contributed by atoms with Gasteiger partial charge in [0.1, 0.15) is 0 Å². The summed E-state index contributed by atoms with van der Waals surface area (Å²) < 4.78 is 7.44. The van der Waals surface area contributed by atoms with E-state index in [4.69, 9.17) is 4.74 Å². The third-order valence-corrected chi connectivity index (χ3v) is 6.08. The average Bonchev–Trinajstić information content (AvgIpc) is 3.04. The molecule has 1 saturated heterocycles. The molecular formula is C20H24N4O2S. The van der Waals surface area contributed by atoms with E-state index >= 15 is 0 Å². The van der Waals surface area contributed by atoms with Crippen LogP contribution in [0.1, 0.15) is 23.6 Å². The molecule has 1 fully saturated rings. The Morgan fingerprint density at radius 3 is 2.59 bits per heavy atom. The van der Waals surface area contributed by atoms with Crippen molar-refractivity contribution < 1.29 is 9.53 Å². The predicted octanol–water partition coefficient (Wildman–Crippen LogP) is 3.15. The van der Waals surface area contributed by atoms with E-state index in [0.717, 1.165) is 16.3 Å². The fourth-order valence-corrected chi connectivity index (χ4v) is 4.68. The molecule has 7 heteroatoms. The molecule has 6 nitrogen and oxygen atoms in total. The van der Waals surface area contributed by atoms with Crippen molar-refractivity contribution in [1.82, 2.24) is 19.5 Å². The zero-order chi connectivity index (χ0) is 19.1. The number of nitrogens with zero attached hydrogens (tertiary/aromatic N) is 4. The number of ether oxygens (including phenoxy) is 1. The number of aromatic nitrogens is 3. The van der Waals surface area contributed by atoms with E-state index in [2.05, 4.69) is 53.6 Å². The second-order valence-corrected chi connectivity index (χ2v) is 8.49. The minimum absolute atomic E-state index is 0.129. The van der Waals surface area contributed by atoms with E-state index < -0.39 is 0 Å². The van der Waals surface area contributed by atoms with Crippen LogP contribution in [0, 0.1) is 20.8 Å². The van der Waals surface area contributed by atoms with Crippen LogP contribution in [0.3, 0.4) is 0 Å². The van der Waals surface area contributed by atoms with E-state index in [1.54, 1.807) is 0 Å². The minimum atomic E-state index is -0.224. The van der Waals surface area contributed by atoms with Crippen LogP contribution in [0.2, 0.25) is 0 Å². The summed E-state index contributed by atoms with van der Waals surface area (Å²) in [5, 5.41) is 10.5. The molecule has 0 radical (unpaired) electrons. The molecule has 2 aromatic heterocycles. The maximum Gasteiger partial charge on any atom is 0.236 e.